The van der Waals surface area contributed by atoms with Crippen molar-refractivity contribution < 1.29 is 25.9 Å². The largest absolute Gasteiger partial charge is 0.286 e. The van der Waals surface area contributed by atoms with E-state index in [0.29, 0.717) is 0 Å². The number of rotatable bonds is 5. The molecule has 1 heterocycles. The Hall–Kier alpha value is -0.550. The average Bonchev–Trinajstić information content (AvgIpc) is 2.60. The molecule has 1 aromatic heterocycles. The van der Waals surface area contributed by atoms with Crippen LogP contribution in [-0.2, 0) is 26.7 Å². The molecular weight excluding hydrogens is 326 g/mol. The van der Waals surface area contributed by atoms with Crippen LogP contribution in [0.3, 0.4) is 0 Å². The number of aromatic nitrogens is 1. The van der Waals surface area contributed by atoms with Crippen molar-refractivity contribution in [3.63, 3.8) is 0 Å². The summed E-state index contributed by atoms with van der Waals surface area (Å²) in [7, 11) is -8.59. The smallest absolute Gasteiger partial charge is 0.265 e. The minimum Gasteiger partial charge on any atom is -0.286 e. The van der Waals surface area contributed by atoms with Gasteiger partial charge in [-0.3, -0.25) is 9.11 Å². The first-order valence-electron chi connectivity index (χ1n) is 5.70. The standard InChI is InChI=1S/C8H13NS.C2H6O6S2/c1-6(2)4-8-7(3)9-5-10-8;3-9(4,5)1-2-10(6,7)8/h5-6H,4H2,1-3H3;1-2H2,(H,3,4,5)(H,6,7,8). The van der Waals surface area contributed by atoms with Gasteiger partial charge in [0, 0.05) is 4.88 Å². The fourth-order valence-corrected chi connectivity index (χ4v) is 3.78. The van der Waals surface area contributed by atoms with Crippen molar-refractivity contribution in [1.29, 1.82) is 0 Å². The lowest BCUT2D eigenvalue weighted by Gasteiger charge is -2.00. The second kappa shape index (κ2) is 8.03. The van der Waals surface area contributed by atoms with Crippen LogP contribution >= 0.6 is 11.3 Å². The Balaban J connectivity index is 0.000000361. The highest BCUT2D eigenvalue weighted by atomic mass is 32.2. The molecule has 0 fully saturated rings. The predicted molar refractivity (Wildman–Crippen MR) is 78.2 cm³/mol. The van der Waals surface area contributed by atoms with Gasteiger partial charge < -0.3 is 0 Å². The Kier molecular flexibility index (Phi) is 7.81. The molecule has 1 aromatic rings. The molecule has 0 unspecified atom stereocenters. The fraction of sp³-hybridized carbons (Fsp3) is 0.700. The van der Waals surface area contributed by atoms with Crippen molar-refractivity contribution in [1.82, 2.24) is 4.98 Å². The van der Waals surface area contributed by atoms with E-state index in [9.17, 15) is 16.8 Å². The number of hydrogen-bond donors (Lipinski definition) is 2. The summed E-state index contributed by atoms with van der Waals surface area (Å²) in [5.41, 5.74) is 3.13. The van der Waals surface area contributed by atoms with Crippen molar-refractivity contribution in [2.24, 2.45) is 5.92 Å². The molecule has 2 N–H and O–H groups in total. The summed E-state index contributed by atoms with van der Waals surface area (Å²) in [4.78, 5) is 5.63. The average molecular weight is 345 g/mol. The van der Waals surface area contributed by atoms with E-state index in [-0.39, 0.29) is 0 Å². The molecule has 0 radical (unpaired) electrons. The summed E-state index contributed by atoms with van der Waals surface area (Å²) in [6, 6.07) is 0. The molecule has 0 saturated heterocycles. The Morgan fingerprint density at radius 1 is 1.15 bits per heavy atom. The first-order chi connectivity index (χ1) is 8.91. The van der Waals surface area contributed by atoms with Gasteiger partial charge >= 0.3 is 0 Å². The molecular formula is C10H19NO6S3. The molecule has 1 rings (SSSR count). The monoisotopic (exact) mass is 345 g/mol. The van der Waals surface area contributed by atoms with Gasteiger partial charge in [0.1, 0.15) is 0 Å². The number of thiazole rings is 1. The van der Waals surface area contributed by atoms with Crippen LogP contribution in [0.5, 0.6) is 0 Å². The van der Waals surface area contributed by atoms with Crippen molar-refractivity contribution in [3.05, 3.63) is 16.1 Å². The van der Waals surface area contributed by atoms with Gasteiger partial charge in [0.15, 0.2) is 0 Å². The first-order valence-corrected chi connectivity index (χ1v) is 9.80. The maximum atomic E-state index is 9.86. The molecule has 0 amide bonds. The summed E-state index contributed by atoms with van der Waals surface area (Å²) in [5.74, 6) is -1.21. The number of aryl methyl sites for hydroxylation is 1. The van der Waals surface area contributed by atoms with E-state index < -0.39 is 31.7 Å². The maximum Gasteiger partial charge on any atom is 0.265 e. The molecule has 0 aliphatic rings. The Morgan fingerprint density at radius 2 is 1.60 bits per heavy atom. The van der Waals surface area contributed by atoms with Crippen LogP contribution < -0.4 is 0 Å². The molecule has 0 spiro atoms. The van der Waals surface area contributed by atoms with E-state index >= 15 is 0 Å². The first kappa shape index (κ1) is 19.4. The van der Waals surface area contributed by atoms with Gasteiger partial charge in [0.25, 0.3) is 20.2 Å². The fourth-order valence-electron chi connectivity index (χ4n) is 1.10. The molecule has 20 heavy (non-hydrogen) atoms. The topological polar surface area (TPSA) is 122 Å². The van der Waals surface area contributed by atoms with E-state index in [1.807, 2.05) is 5.51 Å². The van der Waals surface area contributed by atoms with Gasteiger partial charge in [0.2, 0.25) is 0 Å². The third kappa shape index (κ3) is 11.3. The zero-order valence-corrected chi connectivity index (χ0v) is 13.9. The van der Waals surface area contributed by atoms with E-state index in [0.717, 1.165) is 5.92 Å². The minimum atomic E-state index is -4.30. The highest BCUT2D eigenvalue weighted by molar-refractivity contribution is 7.89. The third-order valence-corrected chi connectivity index (χ3v) is 4.69. The van der Waals surface area contributed by atoms with Gasteiger partial charge in [0.05, 0.1) is 22.7 Å². The summed E-state index contributed by atoms with van der Waals surface area (Å²) in [5, 5.41) is 0. The Morgan fingerprint density at radius 3 is 1.85 bits per heavy atom. The molecule has 0 bridgehead atoms. The van der Waals surface area contributed by atoms with E-state index in [4.69, 9.17) is 9.11 Å². The zero-order chi connectivity index (χ0) is 16.0. The third-order valence-electron chi connectivity index (χ3n) is 2.04. The normalized spacial score (nSPS) is 12.1. The summed E-state index contributed by atoms with van der Waals surface area (Å²) in [6.07, 6.45) is 1.18. The van der Waals surface area contributed by atoms with Crippen LogP contribution in [0, 0.1) is 12.8 Å². The predicted octanol–water partition coefficient (Wildman–Crippen LogP) is 1.41. The molecule has 0 atom stereocenters. The molecule has 118 valence electrons. The summed E-state index contributed by atoms with van der Waals surface area (Å²) >= 11 is 1.77. The highest BCUT2D eigenvalue weighted by Crippen LogP contribution is 2.16. The number of hydrogen-bond acceptors (Lipinski definition) is 6. The maximum absolute atomic E-state index is 9.86. The molecule has 7 nitrogen and oxygen atoms in total. The summed E-state index contributed by atoms with van der Waals surface area (Å²) < 4.78 is 55.4. The lowest BCUT2D eigenvalue weighted by Crippen LogP contribution is -2.15. The number of nitrogens with zero attached hydrogens (tertiary/aromatic N) is 1. The van der Waals surface area contributed by atoms with Crippen LogP contribution in [0.15, 0.2) is 5.51 Å². The van der Waals surface area contributed by atoms with Crippen molar-refractivity contribution in [2.45, 2.75) is 27.2 Å². The van der Waals surface area contributed by atoms with E-state index in [2.05, 4.69) is 25.8 Å². The molecule has 10 heteroatoms. The Bertz CT molecular complexity index is 571. The molecule has 0 aliphatic heterocycles. The van der Waals surface area contributed by atoms with Crippen LogP contribution in [0.2, 0.25) is 0 Å². The van der Waals surface area contributed by atoms with E-state index in [1.54, 1.807) is 11.3 Å². The quantitative estimate of drug-likeness (QED) is 0.774. The highest BCUT2D eigenvalue weighted by Gasteiger charge is 2.11. The molecule has 0 aliphatic carbocycles. The van der Waals surface area contributed by atoms with Gasteiger partial charge in [-0.05, 0) is 19.3 Å². The second-order valence-electron chi connectivity index (χ2n) is 4.53. The minimum absolute atomic E-state index is 0.749. The lowest BCUT2D eigenvalue weighted by molar-refractivity contribution is 0.472. The van der Waals surface area contributed by atoms with Gasteiger partial charge in [-0.1, -0.05) is 13.8 Å². The van der Waals surface area contributed by atoms with Crippen LogP contribution in [-0.4, -0.2) is 42.4 Å². The van der Waals surface area contributed by atoms with Crippen LogP contribution in [0.4, 0.5) is 0 Å². The Labute approximate surface area is 123 Å². The van der Waals surface area contributed by atoms with Crippen molar-refractivity contribution in [2.75, 3.05) is 11.5 Å². The summed E-state index contributed by atoms with van der Waals surface area (Å²) in [6.45, 7) is 6.55. The second-order valence-corrected chi connectivity index (χ2v) is 8.61. The van der Waals surface area contributed by atoms with Crippen LogP contribution in [0.25, 0.3) is 0 Å². The SMILES string of the molecule is Cc1ncsc1CC(C)C.O=S(=O)(O)CCS(=O)(=O)O. The zero-order valence-electron chi connectivity index (χ0n) is 11.5. The van der Waals surface area contributed by atoms with Gasteiger partial charge in [-0.15, -0.1) is 11.3 Å². The van der Waals surface area contributed by atoms with Gasteiger partial charge in [-0.25, -0.2) is 4.98 Å². The van der Waals surface area contributed by atoms with Gasteiger partial charge in [-0.2, -0.15) is 16.8 Å². The van der Waals surface area contributed by atoms with Crippen molar-refractivity contribution in [3.8, 4) is 0 Å². The van der Waals surface area contributed by atoms with Crippen molar-refractivity contribution >= 4 is 31.6 Å². The van der Waals surface area contributed by atoms with E-state index in [1.165, 1.54) is 17.0 Å². The molecule has 0 saturated carbocycles. The lowest BCUT2D eigenvalue weighted by atomic mass is 10.1. The molecule has 0 aromatic carbocycles. The van der Waals surface area contributed by atoms with Crippen LogP contribution in [0.1, 0.15) is 24.4 Å².